The van der Waals surface area contributed by atoms with Crippen molar-refractivity contribution in [2.24, 2.45) is 5.73 Å². The summed E-state index contributed by atoms with van der Waals surface area (Å²) in [6, 6.07) is 4.81. The molecular formula is C14H20BrN. The summed E-state index contributed by atoms with van der Waals surface area (Å²) in [4.78, 5) is 0. The van der Waals surface area contributed by atoms with Gasteiger partial charge in [0.25, 0.3) is 0 Å². The molecule has 1 aromatic rings. The van der Waals surface area contributed by atoms with E-state index in [9.17, 15) is 0 Å². The summed E-state index contributed by atoms with van der Waals surface area (Å²) in [6.07, 6.45) is 7.34. The van der Waals surface area contributed by atoms with Gasteiger partial charge in [-0.05, 0) is 54.9 Å². The maximum atomic E-state index is 6.21. The lowest BCUT2D eigenvalue weighted by molar-refractivity contribution is 0.629. The zero-order valence-electron chi connectivity index (χ0n) is 9.93. The number of halogens is 1. The van der Waals surface area contributed by atoms with Gasteiger partial charge >= 0.3 is 0 Å². The third-order valence-corrected chi connectivity index (χ3v) is 4.15. The Kier molecular flexibility index (Phi) is 4.04. The second-order valence-corrected chi connectivity index (χ2v) is 5.60. The molecule has 2 rings (SSSR count). The molecule has 16 heavy (non-hydrogen) atoms. The van der Waals surface area contributed by atoms with Crippen LogP contribution in [0, 0.1) is 0 Å². The zero-order chi connectivity index (χ0) is 11.5. The standard InChI is InChI=1S/C14H20BrN/c1-2-5-14(16)12-8-10-6-3-4-7-11(10)9-13(12)15/h8-9,14H,2-7,16H2,1H3. The second-order valence-electron chi connectivity index (χ2n) is 4.74. The molecule has 0 heterocycles. The van der Waals surface area contributed by atoms with Crippen molar-refractivity contribution in [2.75, 3.05) is 0 Å². The van der Waals surface area contributed by atoms with Crippen molar-refractivity contribution < 1.29 is 0 Å². The summed E-state index contributed by atoms with van der Waals surface area (Å²) in [5.74, 6) is 0. The van der Waals surface area contributed by atoms with Crippen molar-refractivity contribution in [1.82, 2.24) is 0 Å². The Morgan fingerprint density at radius 1 is 1.25 bits per heavy atom. The molecule has 1 atom stereocenters. The molecule has 1 aromatic carbocycles. The first-order valence-electron chi connectivity index (χ1n) is 6.29. The molecule has 0 spiro atoms. The molecule has 0 fully saturated rings. The van der Waals surface area contributed by atoms with Gasteiger partial charge in [0.15, 0.2) is 0 Å². The van der Waals surface area contributed by atoms with E-state index in [1.54, 1.807) is 0 Å². The molecule has 0 saturated heterocycles. The monoisotopic (exact) mass is 281 g/mol. The van der Waals surface area contributed by atoms with E-state index in [2.05, 4.69) is 35.0 Å². The van der Waals surface area contributed by atoms with E-state index in [1.165, 1.54) is 46.8 Å². The summed E-state index contributed by atoms with van der Waals surface area (Å²) in [5.41, 5.74) is 10.5. The van der Waals surface area contributed by atoms with E-state index >= 15 is 0 Å². The fraction of sp³-hybridized carbons (Fsp3) is 0.571. The first-order valence-corrected chi connectivity index (χ1v) is 7.08. The minimum Gasteiger partial charge on any atom is -0.324 e. The third kappa shape index (κ3) is 2.49. The Morgan fingerprint density at radius 3 is 2.50 bits per heavy atom. The van der Waals surface area contributed by atoms with Gasteiger partial charge < -0.3 is 5.73 Å². The van der Waals surface area contributed by atoms with Crippen LogP contribution in [0.1, 0.15) is 55.3 Å². The van der Waals surface area contributed by atoms with Gasteiger partial charge in [0.1, 0.15) is 0 Å². The quantitative estimate of drug-likeness (QED) is 0.886. The van der Waals surface area contributed by atoms with Crippen LogP contribution in [-0.2, 0) is 12.8 Å². The molecule has 1 aliphatic carbocycles. The van der Waals surface area contributed by atoms with Gasteiger partial charge in [-0.2, -0.15) is 0 Å². The summed E-state index contributed by atoms with van der Waals surface area (Å²) in [6.45, 7) is 2.19. The Labute approximate surface area is 107 Å². The van der Waals surface area contributed by atoms with Crippen molar-refractivity contribution in [3.8, 4) is 0 Å². The van der Waals surface area contributed by atoms with E-state index < -0.39 is 0 Å². The Balaban J connectivity index is 2.31. The van der Waals surface area contributed by atoms with Gasteiger partial charge in [-0.25, -0.2) is 0 Å². The van der Waals surface area contributed by atoms with Crippen molar-refractivity contribution in [3.05, 3.63) is 33.3 Å². The van der Waals surface area contributed by atoms with Crippen molar-refractivity contribution in [3.63, 3.8) is 0 Å². The normalized spacial score (nSPS) is 16.9. The average Bonchev–Trinajstić information content (AvgIpc) is 2.28. The van der Waals surface area contributed by atoms with Crippen LogP contribution in [0.5, 0.6) is 0 Å². The maximum absolute atomic E-state index is 6.21. The number of benzene rings is 1. The van der Waals surface area contributed by atoms with E-state index in [-0.39, 0.29) is 6.04 Å². The first-order chi connectivity index (χ1) is 7.72. The molecular weight excluding hydrogens is 262 g/mol. The number of fused-ring (bicyclic) bond motifs is 1. The van der Waals surface area contributed by atoms with E-state index in [0.717, 1.165) is 12.8 Å². The first kappa shape index (κ1) is 12.1. The summed E-state index contributed by atoms with van der Waals surface area (Å²) < 4.78 is 1.20. The van der Waals surface area contributed by atoms with Crippen LogP contribution >= 0.6 is 15.9 Å². The van der Waals surface area contributed by atoms with E-state index in [1.807, 2.05) is 0 Å². The van der Waals surface area contributed by atoms with Crippen molar-refractivity contribution in [1.29, 1.82) is 0 Å². The lowest BCUT2D eigenvalue weighted by Crippen LogP contribution is -2.13. The molecule has 0 aliphatic heterocycles. The molecule has 1 aliphatic rings. The maximum Gasteiger partial charge on any atom is 0.0306 e. The van der Waals surface area contributed by atoms with Crippen molar-refractivity contribution >= 4 is 15.9 Å². The number of rotatable bonds is 3. The third-order valence-electron chi connectivity index (χ3n) is 3.46. The van der Waals surface area contributed by atoms with Crippen LogP contribution in [0.3, 0.4) is 0 Å². The number of nitrogens with two attached hydrogens (primary N) is 1. The van der Waals surface area contributed by atoms with Gasteiger partial charge in [0.05, 0.1) is 0 Å². The zero-order valence-corrected chi connectivity index (χ0v) is 11.5. The highest BCUT2D eigenvalue weighted by molar-refractivity contribution is 9.10. The molecule has 0 amide bonds. The van der Waals surface area contributed by atoms with Crippen LogP contribution in [0.15, 0.2) is 16.6 Å². The molecule has 2 heteroatoms. The smallest absolute Gasteiger partial charge is 0.0306 e. The van der Waals surface area contributed by atoms with Crippen LogP contribution < -0.4 is 5.73 Å². The summed E-state index contributed by atoms with van der Waals surface area (Å²) in [7, 11) is 0. The van der Waals surface area contributed by atoms with Gasteiger partial charge in [-0.3, -0.25) is 0 Å². The summed E-state index contributed by atoms with van der Waals surface area (Å²) >= 11 is 3.67. The molecule has 2 N–H and O–H groups in total. The lowest BCUT2D eigenvalue weighted by atomic mass is 9.88. The highest BCUT2D eigenvalue weighted by Crippen LogP contribution is 2.31. The van der Waals surface area contributed by atoms with E-state index in [4.69, 9.17) is 5.73 Å². The average molecular weight is 282 g/mol. The summed E-state index contributed by atoms with van der Waals surface area (Å²) in [5, 5.41) is 0. The topological polar surface area (TPSA) is 26.0 Å². The molecule has 0 aromatic heterocycles. The lowest BCUT2D eigenvalue weighted by Gasteiger charge is -2.20. The van der Waals surface area contributed by atoms with Gasteiger partial charge in [0.2, 0.25) is 0 Å². The van der Waals surface area contributed by atoms with Crippen LogP contribution in [-0.4, -0.2) is 0 Å². The SMILES string of the molecule is CCCC(N)c1cc2c(cc1Br)CCCC2. The van der Waals surface area contributed by atoms with Gasteiger partial charge in [-0.1, -0.05) is 35.3 Å². The molecule has 1 nitrogen and oxygen atoms in total. The number of hydrogen-bond donors (Lipinski definition) is 1. The second kappa shape index (κ2) is 5.33. The van der Waals surface area contributed by atoms with Crippen LogP contribution in [0.25, 0.3) is 0 Å². The van der Waals surface area contributed by atoms with Gasteiger partial charge in [-0.15, -0.1) is 0 Å². The predicted molar refractivity (Wildman–Crippen MR) is 72.6 cm³/mol. The minimum atomic E-state index is 0.187. The number of hydrogen-bond acceptors (Lipinski definition) is 1. The van der Waals surface area contributed by atoms with Crippen LogP contribution in [0.2, 0.25) is 0 Å². The Morgan fingerprint density at radius 2 is 1.88 bits per heavy atom. The van der Waals surface area contributed by atoms with Crippen LogP contribution in [0.4, 0.5) is 0 Å². The minimum absolute atomic E-state index is 0.187. The van der Waals surface area contributed by atoms with Gasteiger partial charge in [0, 0.05) is 10.5 Å². The highest BCUT2D eigenvalue weighted by Gasteiger charge is 2.15. The number of aryl methyl sites for hydroxylation is 2. The molecule has 0 bridgehead atoms. The molecule has 0 saturated carbocycles. The largest absolute Gasteiger partial charge is 0.324 e. The molecule has 0 radical (unpaired) electrons. The predicted octanol–water partition coefficient (Wildman–Crippen LogP) is 4.13. The highest BCUT2D eigenvalue weighted by atomic mass is 79.9. The fourth-order valence-corrected chi connectivity index (χ4v) is 3.21. The molecule has 1 unspecified atom stereocenters. The Bertz CT molecular complexity index is 373. The molecule has 88 valence electrons. The van der Waals surface area contributed by atoms with E-state index in [0.29, 0.717) is 0 Å². The van der Waals surface area contributed by atoms with Crippen molar-refractivity contribution in [2.45, 2.75) is 51.5 Å². The fourth-order valence-electron chi connectivity index (χ4n) is 2.53. The Hall–Kier alpha value is -0.340.